The number of hydrogen-bond acceptors (Lipinski definition) is 6. The molecular formula is C12H19N5S. The fourth-order valence-corrected chi connectivity index (χ4v) is 3.08. The zero-order valence-electron chi connectivity index (χ0n) is 10.4. The van der Waals surface area contributed by atoms with Crippen LogP contribution in [0, 0.1) is 0 Å². The second-order valence-electron chi connectivity index (χ2n) is 5.03. The summed E-state index contributed by atoms with van der Waals surface area (Å²) in [4.78, 5) is 15.6. The highest BCUT2D eigenvalue weighted by atomic mass is 32.1. The third-order valence-corrected chi connectivity index (χ3v) is 4.11. The molecule has 2 fully saturated rings. The van der Waals surface area contributed by atoms with E-state index in [1.807, 2.05) is 0 Å². The number of anilines is 1. The Morgan fingerprint density at radius 1 is 1.28 bits per heavy atom. The summed E-state index contributed by atoms with van der Waals surface area (Å²) in [5, 5.41) is 3.59. The SMILES string of the molecule is SC1CC(c2ncnc(N3CCCC3)n2)CCN1. The number of rotatable bonds is 2. The summed E-state index contributed by atoms with van der Waals surface area (Å²) in [5.41, 5.74) is 0. The Bertz CT molecular complexity index is 407. The third kappa shape index (κ3) is 2.59. The van der Waals surface area contributed by atoms with Gasteiger partial charge in [0, 0.05) is 19.0 Å². The van der Waals surface area contributed by atoms with E-state index in [2.05, 4.69) is 37.8 Å². The Balaban J connectivity index is 1.77. The maximum Gasteiger partial charge on any atom is 0.228 e. The predicted molar refractivity (Wildman–Crippen MR) is 74.0 cm³/mol. The number of nitrogens with one attached hydrogen (secondary N) is 1. The van der Waals surface area contributed by atoms with Crippen LogP contribution in [0.5, 0.6) is 0 Å². The monoisotopic (exact) mass is 265 g/mol. The molecule has 0 spiro atoms. The second kappa shape index (κ2) is 5.40. The van der Waals surface area contributed by atoms with Crippen molar-refractivity contribution in [3.63, 3.8) is 0 Å². The molecule has 2 aliphatic rings. The van der Waals surface area contributed by atoms with E-state index in [0.717, 1.165) is 44.2 Å². The molecule has 0 aliphatic carbocycles. The minimum Gasteiger partial charge on any atom is -0.341 e. The molecule has 0 amide bonds. The molecular weight excluding hydrogens is 246 g/mol. The summed E-state index contributed by atoms with van der Waals surface area (Å²) < 4.78 is 0. The molecule has 0 radical (unpaired) electrons. The van der Waals surface area contributed by atoms with Gasteiger partial charge >= 0.3 is 0 Å². The average molecular weight is 265 g/mol. The van der Waals surface area contributed by atoms with Crippen molar-refractivity contribution in [3.05, 3.63) is 12.2 Å². The van der Waals surface area contributed by atoms with Crippen molar-refractivity contribution in [2.75, 3.05) is 24.5 Å². The van der Waals surface area contributed by atoms with Crippen LogP contribution in [0.15, 0.2) is 6.33 Å². The summed E-state index contributed by atoms with van der Waals surface area (Å²) in [6.07, 6.45) is 6.22. The molecule has 0 aromatic carbocycles. The highest BCUT2D eigenvalue weighted by Gasteiger charge is 2.24. The number of piperidine rings is 1. The lowest BCUT2D eigenvalue weighted by molar-refractivity contribution is 0.423. The topological polar surface area (TPSA) is 53.9 Å². The normalized spacial score (nSPS) is 28.6. The van der Waals surface area contributed by atoms with Crippen molar-refractivity contribution in [1.82, 2.24) is 20.3 Å². The Kier molecular flexibility index (Phi) is 3.65. The maximum absolute atomic E-state index is 4.65. The van der Waals surface area contributed by atoms with Gasteiger partial charge in [-0.05, 0) is 32.2 Å². The van der Waals surface area contributed by atoms with Crippen LogP contribution in [-0.2, 0) is 0 Å². The van der Waals surface area contributed by atoms with Crippen LogP contribution in [0.1, 0.15) is 37.4 Å². The van der Waals surface area contributed by atoms with Gasteiger partial charge < -0.3 is 10.2 Å². The summed E-state index contributed by atoms with van der Waals surface area (Å²) in [5.74, 6) is 2.21. The van der Waals surface area contributed by atoms with Crippen LogP contribution < -0.4 is 10.2 Å². The molecule has 1 aromatic heterocycles. The lowest BCUT2D eigenvalue weighted by Gasteiger charge is -2.26. The summed E-state index contributed by atoms with van der Waals surface area (Å²) in [7, 11) is 0. The van der Waals surface area contributed by atoms with Crippen LogP contribution in [0.2, 0.25) is 0 Å². The van der Waals surface area contributed by atoms with E-state index in [0.29, 0.717) is 5.92 Å². The van der Waals surface area contributed by atoms with Gasteiger partial charge in [-0.2, -0.15) is 17.6 Å². The fraction of sp³-hybridized carbons (Fsp3) is 0.750. The molecule has 2 aliphatic heterocycles. The van der Waals surface area contributed by atoms with Crippen LogP contribution in [0.3, 0.4) is 0 Å². The zero-order valence-corrected chi connectivity index (χ0v) is 11.3. The van der Waals surface area contributed by atoms with Gasteiger partial charge in [0.05, 0.1) is 5.37 Å². The summed E-state index contributed by atoms with van der Waals surface area (Å²) in [6.45, 7) is 3.14. The van der Waals surface area contributed by atoms with Crippen LogP contribution >= 0.6 is 12.6 Å². The Hall–Kier alpha value is -0.880. The largest absolute Gasteiger partial charge is 0.341 e. The van der Waals surface area contributed by atoms with Gasteiger partial charge in [0.1, 0.15) is 12.2 Å². The molecule has 2 saturated heterocycles. The zero-order chi connectivity index (χ0) is 12.4. The van der Waals surface area contributed by atoms with Crippen molar-refractivity contribution in [3.8, 4) is 0 Å². The van der Waals surface area contributed by atoms with E-state index >= 15 is 0 Å². The molecule has 6 heteroatoms. The summed E-state index contributed by atoms with van der Waals surface area (Å²) >= 11 is 4.49. The quantitative estimate of drug-likeness (QED) is 0.787. The predicted octanol–water partition coefficient (Wildman–Crippen LogP) is 1.19. The van der Waals surface area contributed by atoms with Crippen molar-refractivity contribution in [2.24, 2.45) is 0 Å². The number of thiol groups is 1. The van der Waals surface area contributed by atoms with Crippen molar-refractivity contribution >= 4 is 18.6 Å². The molecule has 1 N–H and O–H groups in total. The van der Waals surface area contributed by atoms with E-state index in [9.17, 15) is 0 Å². The molecule has 3 rings (SSSR count). The van der Waals surface area contributed by atoms with E-state index < -0.39 is 0 Å². The van der Waals surface area contributed by atoms with Gasteiger partial charge in [0.2, 0.25) is 5.95 Å². The first kappa shape index (κ1) is 12.2. The number of hydrogen-bond donors (Lipinski definition) is 2. The van der Waals surface area contributed by atoms with E-state index in [1.54, 1.807) is 6.33 Å². The molecule has 2 unspecified atom stereocenters. The van der Waals surface area contributed by atoms with Gasteiger partial charge in [-0.1, -0.05) is 0 Å². The molecule has 1 aromatic rings. The average Bonchev–Trinajstić information content (AvgIpc) is 2.93. The first-order chi connectivity index (χ1) is 8.83. The number of nitrogens with zero attached hydrogens (tertiary/aromatic N) is 4. The third-order valence-electron chi connectivity index (χ3n) is 3.71. The lowest BCUT2D eigenvalue weighted by Crippen LogP contribution is -2.34. The van der Waals surface area contributed by atoms with Crippen molar-refractivity contribution in [1.29, 1.82) is 0 Å². The first-order valence-corrected chi connectivity index (χ1v) is 7.20. The number of aromatic nitrogens is 3. The Morgan fingerprint density at radius 2 is 2.11 bits per heavy atom. The highest BCUT2D eigenvalue weighted by Crippen LogP contribution is 2.27. The second-order valence-corrected chi connectivity index (χ2v) is 5.65. The van der Waals surface area contributed by atoms with Gasteiger partial charge in [0.25, 0.3) is 0 Å². The molecule has 18 heavy (non-hydrogen) atoms. The highest BCUT2D eigenvalue weighted by molar-refractivity contribution is 7.80. The molecule has 5 nitrogen and oxygen atoms in total. The first-order valence-electron chi connectivity index (χ1n) is 6.68. The Labute approximate surface area is 113 Å². The molecule has 3 heterocycles. The maximum atomic E-state index is 4.65. The molecule has 2 atom stereocenters. The van der Waals surface area contributed by atoms with Gasteiger partial charge in [-0.3, -0.25) is 0 Å². The van der Waals surface area contributed by atoms with Crippen LogP contribution in [0.4, 0.5) is 5.95 Å². The van der Waals surface area contributed by atoms with Crippen molar-refractivity contribution in [2.45, 2.75) is 37.0 Å². The van der Waals surface area contributed by atoms with Crippen LogP contribution in [-0.4, -0.2) is 40.0 Å². The minimum absolute atomic E-state index is 0.260. The standard InChI is InChI=1S/C12H19N5S/c18-10-7-9(3-4-13-10)11-14-8-15-12(16-11)17-5-1-2-6-17/h8-10,13,18H,1-7H2. The smallest absolute Gasteiger partial charge is 0.228 e. The molecule has 0 bridgehead atoms. The van der Waals surface area contributed by atoms with E-state index in [4.69, 9.17) is 0 Å². The van der Waals surface area contributed by atoms with Crippen molar-refractivity contribution < 1.29 is 0 Å². The van der Waals surface area contributed by atoms with Crippen LogP contribution in [0.25, 0.3) is 0 Å². The van der Waals surface area contributed by atoms with Gasteiger partial charge in [-0.25, -0.2) is 9.97 Å². The fourth-order valence-electron chi connectivity index (χ4n) is 2.70. The minimum atomic E-state index is 0.260. The van der Waals surface area contributed by atoms with E-state index in [1.165, 1.54) is 12.8 Å². The molecule has 0 saturated carbocycles. The van der Waals surface area contributed by atoms with Gasteiger partial charge in [0.15, 0.2) is 0 Å². The molecule has 98 valence electrons. The summed E-state index contributed by atoms with van der Waals surface area (Å²) in [6, 6.07) is 0. The Morgan fingerprint density at radius 3 is 2.89 bits per heavy atom. The lowest BCUT2D eigenvalue weighted by atomic mass is 9.97. The van der Waals surface area contributed by atoms with Gasteiger partial charge in [-0.15, -0.1) is 0 Å². The van der Waals surface area contributed by atoms with E-state index in [-0.39, 0.29) is 5.37 Å².